The van der Waals surface area contributed by atoms with E-state index in [1.54, 1.807) is 18.3 Å². The molecule has 2 aromatic carbocycles. The number of ketones is 1. The molecule has 1 saturated carbocycles. The van der Waals surface area contributed by atoms with E-state index in [1.807, 2.05) is 18.2 Å². The van der Waals surface area contributed by atoms with Crippen LogP contribution < -0.4 is 11.1 Å². The molecule has 0 radical (unpaired) electrons. The largest absolute Gasteiger partial charge is 0.399 e. The van der Waals surface area contributed by atoms with Crippen LogP contribution in [0.4, 0.5) is 11.6 Å². The van der Waals surface area contributed by atoms with Gasteiger partial charge in [-0.25, -0.2) is 9.97 Å². The minimum absolute atomic E-state index is 0.175. The maximum atomic E-state index is 12.6. The number of rotatable bonds is 6. The van der Waals surface area contributed by atoms with E-state index in [-0.39, 0.29) is 5.78 Å². The van der Waals surface area contributed by atoms with E-state index in [2.05, 4.69) is 34.6 Å². The molecule has 2 aliphatic carbocycles. The van der Waals surface area contributed by atoms with Gasteiger partial charge in [0, 0.05) is 29.3 Å². The molecule has 0 amide bonds. The number of nitrogens with one attached hydrogen (secondary N) is 1. The number of halogens is 1. The summed E-state index contributed by atoms with van der Waals surface area (Å²) in [5.74, 6) is 1.19. The standard InChI is InChI=1S/C27H27ClN4O/c28-24-16-30-27(32-26(24)23-13-10-18-4-1-2-7-22(18)23)31-21-11-8-17(9-12-21)14-25(33)19-5-3-6-20(29)15-19/h1-7,13,15-17,21H,8-12,14,29H2,(H,30,31,32). The predicted octanol–water partition coefficient (Wildman–Crippen LogP) is 5.94. The van der Waals surface area contributed by atoms with Gasteiger partial charge in [0.05, 0.1) is 16.9 Å². The highest BCUT2D eigenvalue weighted by molar-refractivity contribution is 6.32. The molecule has 33 heavy (non-hydrogen) atoms. The highest BCUT2D eigenvalue weighted by Crippen LogP contribution is 2.35. The average Bonchev–Trinajstić information content (AvgIpc) is 3.25. The first-order valence-electron chi connectivity index (χ1n) is 11.5. The molecule has 0 unspecified atom stereocenters. The van der Waals surface area contributed by atoms with Crippen LogP contribution >= 0.6 is 11.6 Å². The number of carbonyl (C=O) groups is 1. The van der Waals surface area contributed by atoms with Crippen molar-refractivity contribution in [3.05, 3.63) is 88.2 Å². The Kier molecular flexibility index (Phi) is 6.14. The first kappa shape index (κ1) is 21.7. The normalized spacial score (nSPS) is 19.6. The van der Waals surface area contributed by atoms with E-state index in [0.717, 1.165) is 43.4 Å². The number of nitrogen functional groups attached to an aromatic ring is 1. The molecule has 0 atom stereocenters. The van der Waals surface area contributed by atoms with Crippen LogP contribution in [-0.4, -0.2) is 21.8 Å². The van der Waals surface area contributed by atoms with E-state index in [9.17, 15) is 4.79 Å². The van der Waals surface area contributed by atoms with Gasteiger partial charge in [0.25, 0.3) is 0 Å². The van der Waals surface area contributed by atoms with Crippen molar-refractivity contribution in [2.24, 2.45) is 5.92 Å². The lowest BCUT2D eigenvalue weighted by atomic mass is 9.82. The summed E-state index contributed by atoms with van der Waals surface area (Å²) >= 11 is 6.48. The van der Waals surface area contributed by atoms with E-state index < -0.39 is 0 Å². The summed E-state index contributed by atoms with van der Waals surface area (Å²) in [6, 6.07) is 15.9. The summed E-state index contributed by atoms with van der Waals surface area (Å²) in [7, 11) is 0. The van der Waals surface area contributed by atoms with Crippen molar-refractivity contribution in [2.75, 3.05) is 11.1 Å². The summed E-state index contributed by atoms with van der Waals surface area (Å²) < 4.78 is 0. The average molecular weight is 459 g/mol. The van der Waals surface area contributed by atoms with Crippen LogP contribution in [0.5, 0.6) is 0 Å². The van der Waals surface area contributed by atoms with Crippen molar-refractivity contribution >= 4 is 34.6 Å². The molecule has 1 aromatic heterocycles. The fraction of sp³-hybridized carbons (Fsp3) is 0.296. The van der Waals surface area contributed by atoms with E-state index in [0.29, 0.717) is 40.6 Å². The third-order valence-electron chi connectivity index (χ3n) is 6.70. The molecule has 0 saturated heterocycles. The second-order valence-corrected chi connectivity index (χ2v) is 9.39. The second kappa shape index (κ2) is 9.36. The molecule has 5 rings (SSSR count). The molecular formula is C27H27ClN4O. The lowest BCUT2D eigenvalue weighted by Gasteiger charge is -2.29. The Morgan fingerprint density at radius 3 is 2.73 bits per heavy atom. The molecule has 0 spiro atoms. The zero-order valence-electron chi connectivity index (χ0n) is 18.4. The van der Waals surface area contributed by atoms with Gasteiger partial charge in [-0.3, -0.25) is 4.79 Å². The van der Waals surface area contributed by atoms with Crippen molar-refractivity contribution < 1.29 is 4.79 Å². The number of fused-ring (bicyclic) bond motifs is 1. The molecule has 2 aliphatic rings. The zero-order chi connectivity index (χ0) is 22.8. The van der Waals surface area contributed by atoms with Gasteiger partial charge in [-0.05, 0) is 61.3 Å². The number of carbonyl (C=O) groups excluding carboxylic acids is 1. The van der Waals surface area contributed by atoms with Crippen LogP contribution in [0.1, 0.15) is 59.3 Å². The number of anilines is 2. The monoisotopic (exact) mass is 458 g/mol. The van der Waals surface area contributed by atoms with E-state index in [4.69, 9.17) is 22.3 Å². The lowest BCUT2D eigenvalue weighted by molar-refractivity contribution is 0.0949. The van der Waals surface area contributed by atoms with E-state index in [1.165, 1.54) is 11.1 Å². The number of Topliss-reactive ketones (excluding diaryl/α,β-unsaturated/α-hetero) is 1. The Bertz CT molecular complexity index is 1210. The summed E-state index contributed by atoms with van der Waals surface area (Å²) in [5.41, 5.74) is 11.5. The predicted molar refractivity (Wildman–Crippen MR) is 133 cm³/mol. The van der Waals surface area contributed by atoms with Gasteiger partial charge in [0.15, 0.2) is 5.78 Å². The van der Waals surface area contributed by atoms with Gasteiger partial charge < -0.3 is 11.1 Å². The Balaban J connectivity index is 1.20. The number of nitrogens with zero attached hydrogens (tertiary/aromatic N) is 2. The van der Waals surface area contributed by atoms with Gasteiger partial charge in [0.2, 0.25) is 5.95 Å². The fourth-order valence-electron chi connectivity index (χ4n) is 4.92. The van der Waals surface area contributed by atoms with Gasteiger partial charge in [0.1, 0.15) is 0 Å². The second-order valence-electron chi connectivity index (χ2n) is 8.98. The van der Waals surface area contributed by atoms with Crippen LogP contribution in [0.2, 0.25) is 5.02 Å². The van der Waals surface area contributed by atoms with Gasteiger partial charge in [-0.2, -0.15) is 0 Å². The minimum atomic E-state index is 0.175. The molecule has 6 heteroatoms. The van der Waals surface area contributed by atoms with Crippen LogP contribution in [0.15, 0.2) is 60.8 Å². The topological polar surface area (TPSA) is 80.9 Å². The molecule has 5 nitrogen and oxygen atoms in total. The summed E-state index contributed by atoms with van der Waals surface area (Å²) in [4.78, 5) is 21.8. The maximum Gasteiger partial charge on any atom is 0.223 e. The molecule has 3 N–H and O–H groups in total. The SMILES string of the molecule is Nc1cccc(C(=O)CC2CCC(Nc3ncc(Cl)c(C4=CCc5ccccc54)n3)CC2)c1. The first-order chi connectivity index (χ1) is 16.1. The van der Waals surface area contributed by atoms with Crippen LogP contribution in [-0.2, 0) is 6.42 Å². The summed E-state index contributed by atoms with van der Waals surface area (Å²) in [6.45, 7) is 0. The maximum absolute atomic E-state index is 12.6. The Morgan fingerprint density at radius 1 is 1.09 bits per heavy atom. The smallest absolute Gasteiger partial charge is 0.223 e. The van der Waals surface area contributed by atoms with Gasteiger partial charge >= 0.3 is 0 Å². The van der Waals surface area contributed by atoms with Crippen LogP contribution in [0.3, 0.4) is 0 Å². The Labute approximate surface area is 199 Å². The molecule has 0 aliphatic heterocycles. The number of nitrogens with two attached hydrogens (primary N) is 1. The van der Waals surface area contributed by atoms with Crippen molar-refractivity contribution in [3.63, 3.8) is 0 Å². The molecular weight excluding hydrogens is 432 g/mol. The van der Waals surface area contributed by atoms with Crippen molar-refractivity contribution in [1.29, 1.82) is 0 Å². The Morgan fingerprint density at radius 2 is 1.91 bits per heavy atom. The lowest BCUT2D eigenvalue weighted by Crippen LogP contribution is -2.28. The molecule has 3 aromatic rings. The first-order valence-corrected chi connectivity index (χ1v) is 11.9. The minimum Gasteiger partial charge on any atom is -0.399 e. The fourth-order valence-corrected chi connectivity index (χ4v) is 5.11. The number of aromatic nitrogens is 2. The van der Waals surface area contributed by atoms with Crippen molar-refractivity contribution in [1.82, 2.24) is 9.97 Å². The van der Waals surface area contributed by atoms with Gasteiger partial charge in [-0.15, -0.1) is 0 Å². The van der Waals surface area contributed by atoms with Crippen molar-refractivity contribution in [3.8, 4) is 0 Å². The quantitative estimate of drug-likeness (QED) is 0.352. The van der Waals surface area contributed by atoms with Gasteiger partial charge in [-0.1, -0.05) is 54.1 Å². The Hall–Kier alpha value is -3.18. The van der Waals surface area contributed by atoms with Crippen molar-refractivity contribution in [2.45, 2.75) is 44.6 Å². The highest BCUT2D eigenvalue weighted by Gasteiger charge is 2.25. The molecule has 1 heterocycles. The molecule has 0 bridgehead atoms. The summed E-state index contributed by atoms with van der Waals surface area (Å²) in [5, 5.41) is 4.06. The molecule has 168 valence electrons. The third-order valence-corrected chi connectivity index (χ3v) is 6.97. The van der Waals surface area contributed by atoms with Crippen LogP contribution in [0, 0.1) is 5.92 Å². The zero-order valence-corrected chi connectivity index (χ0v) is 19.2. The number of allylic oxidation sites excluding steroid dienone is 1. The summed E-state index contributed by atoms with van der Waals surface area (Å²) in [6.07, 6.45) is 9.33. The van der Waals surface area contributed by atoms with Crippen LogP contribution in [0.25, 0.3) is 5.57 Å². The number of hydrogen-bond donors (Lipinski definition) is 2. The highest BCUT2D eigenvalue weighted by atomic mass is 35.5. The molecule has 1 fully saturated rings. The number of benzene rings is 2. The van der Waals surface area contributed by atoms with E-state index >= 15 is 0 Å². The number of hydrogen-bond acceptors (Lipinski definition) is 5. The third kappa shape index (κ3) is 4.79.